The molecule has 24 heavy (non-hydrogen) atoms. The zero-order valence-electron chi connectivity index (χ0n) is 14.7. The van der Waals surface area contributed by atoms with E-state index in [2.05, 4.69) is 49.8 Å². The van der Waals surface area contributed by atoms with Crippen LogP contribution < -0.4 is 10.6 Å². The third-order valence-corrected chi connectivity index (χ3v) is 7.44. The van der Waals surface area contributed by atoms with E-state index in [9.17, 15) is 8.42 Å². The minimum atomic E-state index is -3.14. The predicted octanol–water partition coefficient (Wildman–Crippen LogP) is 2.47. The predicted molar refractivity (Wildman–Crippen MR) is 103 cm³/mol. The van der Waals surface area contributed by atoms with Gasteiger partial charge in [0.25, 0.3) is 0 Å². The second-order valence-electron chi connectivity index (χ2n) is 7.10. The van der Waals surface area contributed by atoms with Gasteiger partial charge in [0.2, 0.25) is 0 Å². The Bertz CT molecular complexity index is 725. The van der Waals surface area contributed by atoms with Crippen LogP contribution in [-0.4, -0.2) is 45.5 Å². The van der Waals surface area contributed by atoms with Crippen molar-refractivity contribution in [3.05, 3.63) is 34.3 Å². The number of aliphatic imine (C=N–C) groups is 1. The maximum Gasteiger partial charge on any atom is 0.191 e. The van der Waals surface area contributed by atoms with Crippen LogP contribution >= 0.6 is 15.9 Å². The Labute approximate surface area is 153 Å². The number of halogens is 1. The van der Waals surface area contributed by atoms with Crippen LogP contribution in [0.25, 0.3) is 0 Å². The van der Waals surface area contributed by atoms with Crippen molar-refractivity contribution in [3.8, 4) is 0 Å². The zero-order chi connectivity index (χ0) is 18.0. The molecule has 0 atom stereocenters. The Hall–Kier alpha value is -1.08. The second-order valence-corrected chi connectivity index (χ2v) is 10.7. The van der Waals surface area contributed by atoms with Gasteiger partial charge in [0, 0.05) is 36.3 Å². The van der Waals surface area contributed by atoms with Gasteiger partial charge in [-0.3, -0.25) is 4.99 Å². The summed E-state index contributed by atoms with van der Waals surface area (Å²) in [7, 11) is -1.44. The van der Waals surface area contributed by atoms with E-state index in [0.29, 0.717) is 12.5 Å². The van der Waals surface area contributed by atoms with E-state index in [4.69, 9.17) is 0 Å². The summed E-state index contributed by atoms with van der Waals surface area (Å²) in [5.41, 5.74) is 1.46. The Balaban J connectivity index is 1.95. The number of sulfone groups is 1. The minimum absolute atomic E-state index is 0.147. The molecule has 1 aromatic rings. The highest BCUT2D eigenvalue weighted by Crippen LogP contribution is 2.48. The molecular formula is C17H26BrN3O2S. The molecule has 0 amide bonds. The van der Waals surface area contributed by atoms with Gasteiger partial charge in [-0.25, -0.2) is 8.42 Å². The van der Waals surface area contributed by atoms with E-state index >= 15 is 0 Å². The molecule has 1 saturated carbocycles. The molecule has 0 spiro atoms. The lowest BCUT2D eigenvalue weighted by Crippen LogP contribution is -2.48. The fraction of sp³-hybridized carbons (Fsp3) is 0.588. The normalized spacial score (nSPS) is 17.5. The van der Waals surface area contributed by atoms with Crippen molar-refractivity contribution in [2.24, 2.45) is 4.99 Å². The standard InChI is InChI=1S/C17H26BrN3O2S/c1-16(2,24(4,22)23)11-20-15(19-3)21-12-17(8-9-17)13-6-5-7-14(18)10-13/h5-7,10H,8-9,11-12H2,1-4H3,(H2,19,20,21). The third-order valence-electron chi connectivity index (χ3n) is 4.79. The number of nitrogens with zero attached hydrogens (tertiary/aromatic N) is 1. The fourth-order valence-corrected chi connectivity index (χ4v) is 3.17. The van der Waals surface area contributed by atoms with Crippen molar-refractivity contribution in [1.29, 1.82) is 0 Å². The van der Waals surface area contributed by atoms with Crippen LogP contribution in [0.15, 0.2) is 33.7 Å². The Morgan fingerprint density at radius 3 is 2.50 bits per heavy atom. The number of benzene rings is 1. The number of hydrogen-bond donors (Lipinski definition) is 2. The summed E-state index contributed by atoms with van der Waals surface area (Å²) in [5.74, 6) is 0.632. The third kappa shape index (κ3) is 4.51. The van der Waals surface area contributed by atoms with E-state index in [-0.39, 0.29) is 5.41 Å². The van der Waals surface area contributed by atoms with Crippen LogP contribution in [0.2, 0.25) is 0 Å². The summed E-state index contributed by atoms with van der Waals surface area (Å²) in [5, 5.41) is 6.47. The molecule has 2 N–H and O–H groups in total. The maximum absolute atomic E-state index is 11.8. The molecule has 7 heteroatoms. The summed E-state index contributed by atoms with van der Waals surface area (Å²) in [6, 6.07) is 8.40. The Morgan fingerprint density at radius 2 is 2.00 bits per heavy atom. The first-order chi connectivity index (χ1) is 11.1. The molecule has 0 bridgehead atoms. The Morgan fingerprint density at radius 1 is 1.33 bits per heavy atom. The SMILES string of the molecule is CN=C(NCC1(c2cccc(Br)c2)CC1)NCC(C)(C)S(C)(=O)=O. The summed E-state index contributed by atoms with van der Waals surface area (Å²) >= 11 is 3.53. The van der Waals surface area contributed by atoms with Gasteiger partial charge in [0.05, 0.1) is 4.75 Å². The van der Waals surface area contributed by atoms with Gasteiger partial charge in [-0.2, -0.15) is 0 Å². The van der Waals surface area contributed by atoms with E-state index in [1.807, 2.05) is 6.07 Å². The van der Waals surface area contributed by atoms with E-state index in [0.717, 1.165) is 23.9 Å². The highest BCUT2D eigenvalue weighted by Gasteiger charge is 2.44. The lowest BCUT2D eigenvalue weighted by Gasteiger charge is -2.25. The molecule has 0 saturated heterocycles. The van der Waals surface area contributed by atoms with Crippen molar-refractivity contribution in [2.75, 3.05) is 26.4 Å². The van der Waals surface area contributed by atoms with Crippen LogP contribution in [0.3, 0.4) is 0 Å². The molecule has 0 heterocycles. The number of guanidine groups is 1. The number of hydrogen-bond acceptors (Lipinski definition) is 3. The molecule has 1 aliphatic rings. The molecule has 134 valence electrons. The largest absolute Gasteiger partial charge is 0.356 e. The minimum Gasteiger partial charge on any atom is -0.356 e. The van der Waals surface area contributed by atoms with Crippen molar-refractivity contribution >= 4 is 31.7 Å². The summed E-state index contributed by atoms with van der Waals surface area (Å²) < 4.78 is 23.8. The topological polar surface area (TPSA) is 70.6 Å². The van der Waals surface area contributed by atoms with Gasteiger partial charge < -0.3 is 10.6 Å². The number of nitrogens with one attached hydrogen (secondary N) is 2. The molecule has 5 nitrogen and oxygen atoms in total. The first-order valence-corrected chi connectivity index (χ1v) is 10.7. The molecule has 0 aliphatic heterocycles. The van der Waals surface area contributed by atoms with Crippen LogP contribution in [0.1, 0.15) is 32.3 Å². The van der Waals surface area contributed by atoms with Gasteiger partial charge in [-0.05, 0) is 44.4 Å². The lowest BCUT2D eigenvalue weighted by atomic mass is 9.96. The molecule has 1 aromatic carbocycles. The quantitative estimate of drug-likeness (QED) is 0.552. The second kappa shape index (κ2) is 7.04. The molecule has 0 unspecified atom stereocenters. The van der Waals surface area contributed by atoms with Gasteiger partial charge >= 0.3 is 0 Å². The average Bonchev–Trinajstić information content (AvgIpc) is 3.27. The summed E-state index contributed by atoms with van der Waals surface area (Å²) in [6.07, 6.45) is 3.54. The molecule has 1 fully saturated rings. The van der Waals surface area contributed by atoms with Crippen molar-refractivity contribution < 1.29 is 8.42 Å². The molecular weight excluding hydrogens is 390 g/mol. The van der Waals surface area contributed by atoms with Crippen molar-refractivity contribution in [1.82, 2.24) is 10.6 Å². The highest BCUT2D eigenvalue weighted by atomic mass is 79.9. The van der Waals surface area contributed by atoms with E-state index < -0.39 is 14.6 Å². The van der Waals surface area contributed by atoms with Gasteiger partial charge in [0.1, 0.15) is 0 Å². The maximum atomic E-state index is 11.8. The van der Waals surface area contributed by atoms with Crippen molar-refractivity contribution in [2.45, 2.75) is 36.9 Å². The first kappa shape index (κ1) is 19.2. The van der Waals surface area contributed by atoms with Crippen LogP contribution in [0.4, 0.5) is 0 Å². The van der Waals surface area contributed by atoms with Gasteiger partial charge in [0.15, 0.2) is 15.8 Å². The molecule has 1 aliphatic carbocycles. The monoisotopic (exact) mass is 415 g/mol. The first-order valence-electron chi connectivity index (χ1n) is 8.00. The van der Waals surface area contributed by atoms with E-state index in [1.165, 1.54) is 11.8 Å². The molecule has 0 radical (unpaired) electrons. The fourth-order valence-electron chi connectivity index (χ4n) is 2.44. The van der Waals surface area contributed by atoms with Gasteiger partial charge in [-0.15, -0.1) is 0 Å². The van der Waals surface area contributed by atoms with E-state index in [1.54, 1.807) is 20.9 Å². The highest BCUT2D eigenvalue weighted by molar-refractivity contribution is 9.10. The van der Waals surface area contributed by atoms with Gasteiger partial charge in [-0.1, -0.05) is 28.1 Å². The molecule has 2 rings (SSSR count). The zero-order valence-corrected chi connectivity index (χ0v) is 17.1. The number of rotatable bonds is 6. The summed E-state index contributed by atoms with van der Waals surface area (Å²) in [6.45, 7) is 4.52. The molecule has 0 aromatic heterocycles. The Kier molecular flexibility index (Phi) is 5.64. The van der Waals surface area contributed by atoms with Crippen LogP contribution in [0, 0.1) is 0 Å². The lowest BCUT2D eigenvalue weighted by molar-refractivity contribution is 0.543. The summed E-state index contributed by atoms with van der Waals surface area (Å²) in [4.78, 5) is 4.21. The van der Waals surface area contributed by atoms with Crippen LogP contribution in [-0.2, 0) is 15.3 Å². The van der Waals surface area contributed by atoms with Crippen molar-refractivity contribution in [3.63, 3.8) is 0 Å². The smallest absolute Gasteiger partial charge is 0.191 e. The average molecular weight is 416 g/mol. The van der Waals surface area contributed by atoms with Crippen LogP contribution in [0.5, 0.6) is 0 Å².